The number of rotatable bonds is 18. The molecule has 1 heterocycles. The second-order valence-corrected chi connectivity index (χ2v) is 10.6. The fourth-order valence-electron chi connectivity index (χ4n) is 4.60. The monoisotopic (exact) mass is 459 g/mol. The highest BCUT2D eigenvalue weighted by Crippen LogP contribution is 2.37. The van der Waals surface area contributed by atoms with Gasteiger partial charge in [0.15, 0.2) is 0 Å². The molecule has 0 spiro atoms. The molecule has 1 aromatic rings. The molecule has 1 aliphatic heterocycles. The van der Waals surface area contributed by atoms with Gasteiger partial charge in [0.05, 0.1) is 5.92 Å². The minimum absolute atomic E-state index is 0.0235. The summed E-state index contributed by atoms with van der Waals surface area (Å²) in [6.07, 6.45) is 19.8. The summed E-state index contributed by atoms with van der Waals surface area (Å²) in [5, 5.41) is 0.366. The van der Waals surface area contributed by atoms with Crippen LogP contribution in [0.5, 0.6) is 0 Å². The Labute approximate surface area is 201 Å². The standard InChI is InChI=1S/C28H45NO2S/c1-3-5-6-7-8-9-10-11-12-13-14-18-22-25(19-4-2)32-29-27(30)23-26(28(29)31)24-20-16-15-17-21-24/h15-17,20-21,25-26H,3-14,18-19,22-23H2,1-2H3. The van der Waals surface area contributed by atoms with E-state index in [9.17, 15) is 9.59 Å². The lowest BCUT2D eigenvalue weighted by Crippen LogP contribution is -2.26. The second kappa shape index (κ2) is 16.3. The first kappa shape index (κ1) is 27.0. The van der Waals surface area contributed by atoms with Crippen LogP contribution in [-0.4, -0.2) is 21.4 Å². The van der Waals surface area contributed by atoms with Crippen LogP contribution in [-0.2, 0) is 9.59 Å². The third-order valence-corrected chi connectivity index (χ3v) is 7.91. The lowest BCUT2D eigenvalue weighted by atomic mass is 9.98. The molecule has 0 radical (unpaired) electrons. The lowest BCUT2D eigenvalue weighted by molar-refractivity contribution is -0.132. The fraction of sp³-hybridized carbons (Fsp3) is 0.714. The Morgan fingerprint density at radius 2 is 1.34 bits per heavy atom. The molecule has 4 heteroatoms. The number of hydrogen-bond acceptors (Lipinski definition) is 3. The predicted octanol–water partition coefficient (Wildman–Crippen LogP) is 8.44. The summed E-state index contributed by atoms with van der Waals surface area (Å²) < 4.78 is 1.48. The third kappa shape index (κ3) is 9.68. The molecule has 1 saturated heterocycles. The maximum Gasteiger partial charge on any atom is 0.247 e. The van der Waals surface area contributed by atoms with Crippen molar-refractivity contribution in [3.05, 3.63) is 35.9 Å². The zero-order valence-corrected chi connectivity index (χ0v) is 21.3. The Morgan fingerprint density at radius 1 is 0.781 bits per heavy atom. The Kier molecular flexibility index (Phi) is 13.8. The van der Waals surface area contributed by atoms with Crippen LogP contribution in [0.2, 0.25) is 0 Å². The number of benzene rings is 1. The van der Waals surface area contributed by atoms with Crippen molar-refractivity contribution in [3.8, 4) is 0 Å². The topological polar surface area (TPSA) is 37.4 Å². The van der Waals surface area contributed by atoms with E-state index in [1.54, 1.807) is 0 Å². The molecule has 0 N–H and O–H groups in total. The minimum Gasteiger partial charge on any atom is -0.273 e. The summed E-state index contributed by atoms with van der Waals surface area (Å²) in [7, 11) is 0. The van der Waals surface area contributed by atoms with Gasteiger partial charge in [-0.15, -0.1) is 0 Å². The number of imide groups is 1. The predicted molar refractivity (Wildman–Crippen MR) is 138 cm³/mol. The molecule has 1 aromatic carbocycles. The van der Waals surface area contributed by atoms with E-state index >= 15 is 0 Å². The summed E-state index contributed by atoms with van der Waals surface area (Å²) in [6.45, 7) is 4.46. The Balaban J connectivity index is 1.62. The summed E-state index contributed by atoms with van der Waals surface area (Å²) >= 11 is 1.51. The quantitative estimate of drug-likeness (QED) is 0.125. The molecule has 2 atom stereocenters. The molecule has 0 aliphatic carbocycles. The van der Waals surface area contributed by atoms with E-state index in [-0.39, 0.29) is 17.7 Å². The van der Waals surface area contributed by atoms with Gasteiger partial charge < -0.3 is 0 Å². The molecule has 3 nitrogen and oxygen atoms in total. The van der Waals surface area contributed by atoms with Gasteiger partial charge in [-0.1, -0.05) is 128 Å². The van der Waals surface area contributed by atoms with E-state index < -0.39 is 0 Å². The van der Waals surface area contributed by atoms with E-state index in [0.29, 0.717) is 11.7 Å². The molecule has 0 aromatic heterocycles. The highest BCUT2D eigenvalue weighted by atomic mass is 32.2. The summed E-state index contributed by atoms with van der Waals surface area (Å²) in [5.74, 6) is -0.350. The largest absolute Gasteiger partial charge is 0.273 e. The molecule has 1 aliphatic rings. The zero-order valence-electron chi connectivity index (χ0n) is 20.5. The van der Waals surface area contributed by atoms with Crippen LogP contribution < -0.4 is 0 Å². The Hall–Kier alpha value is -1.29. The van der Waals surface area contributed by atoms with E-state index in [2.05, 4.69) is 13.8 Å². The average Bonchev–Trinajstić information content (AvgIpc) is 3.08. The summed E-state index contributed by atoms with van der Waals surface area (Å²) in [5.41, 5.74) is 0.960. The van der Waals surface area contributed by atoms with Crippen LogP contribution in [0.1, 0.15) is 128 Å². The number of nitrogens with zero attached hydrogens (tertiary/aromatic N) is 1. The van der Waals surface area contributed by atoms with Crippen LogP contribution in [0, 0.1) is 0 Å². The number of amides is 2. The van der Waals surface area contributed by atoms with E-state index in [0.717, 1.165) is 24.8 Å². The van der Waals surface area contributed by atoms with E-state index in [1.165, 1.54) is 93.3 Å². The van der Waals surface area contributed by atoms with Crippen LogP contribution in [0.4, 0.5) is 0 Å². The number of hydrogen-bond donors (Lipinski definition) is 0. The van der Waals surface area contributed by atoms with Gasteiger partial charge in [-0.3, -0.25) is 9.59 Å². The normalized spacial score (nSPS) is 17.3. The molecule has 1 fully saturated rings. The smallest absolute Gasteiger partial charge is 0.247 e. The maximum absolute atomic E-state index is 12.9. The molecule has 0 saturated carbocycles. The first-order chi connectivity index (χ1) is 15.7. The molecule has 2 amide bonds. The molecule has 2 rings (SSSR count). The molecular formula is C28H45NO2S. The molecule has 0 bridgehead atoms. The molecular weight excluding hydrogens is 414 g/mol. The fourth-order valence-corrected chi connectivity index (χ4v) is 5.93. The Morgan fingerprint density at radius 3 is 1.91 bits per heavy atom. The van der Waals surface area contributed by atoms with Gasteiger partial charge in [-0.2, -0.15) is 0 Å². The van der Waals surface area contributed by atoms with Gasteiger partial charge in [-0.25, -0.2) is 4.31 Å². The first-order valence-electron chi connectivity index (χ1n) is 13.3. The van der Waals surface area contributed by atoms with Crippen molar-refractivity contribution in [2.45, 2.75) is 128 Å². The van der Waals surface area contributed by atoms with Crippen molar-refractivity contribution in [2.24, 2.45) is 0 Å². The molecule has 32 heavy (non-hydrogen) atoms. The van der Waals surface area contributed by atoms with Crippen molar-refractivity contribution in [1.29, 1.82) is 0 Å². The van der Waals surface area contributed by atoms with Crippen LogP contribution >= 0.6 is 11.9 Å². The van der Waals surface area contributed by atoms with Gasteiger partial charge in [0.1, 0.15) is 0 Å². The van der Waals surface area contributed by atoms with Gasteiger partial charge in [0.25, 0.3) is 0 Å². The van der Waals surface area contributed by atoms with Crippen LogP contribution in [0.25, 0.3) is 0 Å². The van der Waals surface area contributed by atoms with Gasteiger partial charge in [0.2, 0.25) is 11.8 Å². The molecule has 180 valence electrons. The lowest BCUT2D eigenvalue weighted by Gasteiger charge is -2.21. The zero-order chi connectivity index (χ0) is 23.0. The minimum atomic E-state index is -0.301. The highest BCUT2D eigenvalue weighted by Gasteiger charge is 2.40. The number of unbranched alkanes of at least 4 members (excludes halogenated alkanes) is 11. The Bertz CT molecular complexity index is 648. The maximum atomic E-state index is 12.9. The SMILES string of the molecule is CCCCCCCCCCCCCCC(CCC)SN1C(=O)CC(c2ccccc2)C1=O. The van der Waals surface area contributed by atoms with Gasteiger partial charge >= 0.3 is 0 Å². The first-order valence-corrected chi connectivity index (χ1v) is 14.1. The number of carbonyl (C=O) groups is 2. The summed E-state index contributed by atoms with van der Waals surface area (Å²) in [6, 6.07) is 9.75. The number of carbonyl (C=O) groups excluding carboxylic acids is 2. The van der Waals surface area contributed by atoms with E-state index in [4.69, 9.17) is 0 Å². The van der Waals surface area contributed by atoms with Crippen molar-refractivity contribution in [3.63, 3.8) is 0 Å². The van der Waals surface area contributed by atoms with Crippen molar-refractivity contribution >= 4 is 23.8 Å². The van der Waals surface area contributed by atoms with Gasteiger partial charge in [0, 0.05) is 11.7 Å². The van der Waals surface area contributed by atoms with Crippen LogP contribution in [0.3, 0.4) is 0 Å². The molecule has 2 unspecified atom stereocenters. The van der Waals surface area contributed by atoms with Gasteiger partial charge in [-0.05, 0) is 30.4 Å². The average molecular weight is 460 g/mol. The van der Waals surface area contributed by atoms with Crippen molar-refractivity contribution in [1.82, 2.24) is 4.31 Å². The van der Waals surface area contributed by atoms with Crippen molar-refractivity contribution in [2.75, 3.05) is 0 Å². The second-order valence-electron chi connectivity index (χ2n) is 9.39. The third-order valence-electron chi connectivity index (χ3n) is 6.55. The summed E-state index contributed by atoms with van der Waals surface area (Å²) in [4.78, 5) is 25.5. The highest BCUT2D eigenvalue weighted by molar-refractivity contribution is 7.98. The van der Waals surface area contributed by atoms with E-state index in [1.807, 2.05) is 30.3 Å². The van der Waals surface area contributed by atoms with Crippen molar-refractivity contribution < 1.29 is 9.59 Å². The van der Waals surface area contributed by atoms with Crippen LogP contribution in [0.15, 0.2) is 30.3 Å².